The van der Waals surface area contributed by atoms with Crippen LogP contribution in [0.2, 0.25) is 0 Å². The van der Waals surface area contributed by atoms with Crippen molar-refractivity contribution in [2.75, 3.05) is 5.32 Å². The van der Waals surface area contributed by atoms with Gasteiger partial charge in [-0.05, 0) is 31.2 Å². The van der Waals surface area contributed by atoms with E-state index in [-0.39, 0.29) is 11.9 Å². The lowest BCUT2D eigenvalue weighted by Gasteiger charge is -2.15. The molecule has 19 heavy (non-hydrogen) atoms. The van der Waals surface area contributed by atoms with E-state index in [0.29, 0.717) is 6.04 Å². The van der Waals surface area contributed by atoms with Crippen LogP contribution in [0.5, 0.6) is 0 Å². The summed E-state index contributed by atoms with van der Waals surface area (Å²) >= 11 is 0. The van der Waals surface area contributed by atoms with E-state index >= 15 is 0 Å². The number of fused-ring (bicyclic) bond motifs is 1. The Morgan fingerprint density at radius 1 is 1.32 bits per heavy atom. The van der Waals surface area contributed by atoms with Crippen molar-refractivity contribution in [1.82, 2.24) is 10.3 Å². The van der Waals surface area contributed by atoms with Gasteiger partial charge in [0.05, 0.1) is 0 Å². The van der Waals surface area contributed by atoms with Crippen molar-refractivity contribution in [3.8, 4) is 0 Å². The highest BCUT2D eigenvalue weighted by Crippen LogP contribution is 2.22. The van der Waals surface area contributed by atoms with Crippen LogP contribution in [0, 0.1) is 0 Å². The summed E-state index contributed by atoms with van der Waals surface area (Å²) in [6, 6.07) is 10.1. The molecule has 1 amide bonds. The molecule has 0 bridgehead atoms. The number of benzene rings is 1. The second kappa shape index (κ2) is 4.88. The standard InChI is InChI=1S/C15H17N3O/c1-10(15(19)18-12-6-7-12)17-14-13-5-3-2-4-11(13)8-9-16-14/h2-5,8-10,12H,6-7H2,1H3,(H,16,17)(H,18,19). The van der Waals surface area contributed by atoms with E-state index in [1.165, 1.54) is 0 Å². The maximum Gasteiger partial charge on any atom is 0.242 e. The molecule has 1 aliphatic carbocycles. The molecular weight excluding hydrogens is 238 g/mol. The summed E-state index contributed by atoms with van der Waals surface area (Å²) in [5.41, 5.74) is 0. The summed E-state index contributed by atoms with van der Waals surface area (Å²) in [5.74, 6) is 0.800. The number of carbonyl (C=O) groups is 1. The van der Waals surface area contributed by atoms with E-state index in [9.17, 15) is 4.79 Å². The fourth-order valence-electron chi connectivity index (χ4n) is 2.06. The third kappa shape index (κ3) is 2.67. The molecule has 1 atom stereocenters. The summed E-state index contributed by atoms with van der Waals surface area (Å²) in [4.78, 5) is 16.3. The topological polar surface area (TPSA) is 54.0 Å². The van der Waals surface area contributed by atoms with Gasteiger partial charge in [-0.3, -0.25) is 4.79 Å². The van der Waals surface area contributed by atoms with Crippen LogP contribution in [-0.4, -0.2) is 23.0 Å². The zero-order valence-corrected chi connectivity index (χ0v) is 10.9. The minimum Gasteiger partial charge on any atom is -0.358 e. The van der Waals surface area contributed by atoms with Gasteiger partial charge in [0.25, 0.3) is 0 Å². The Bertz CT molecular complexity index is 602. The lowest BCUT2D eigenvalue weighted by atomic mass is 10.1. The number of aromatic nitrogens is 1. The van der Waals surface area contributed by atoms with Crippen LogP contribution in [0.1, 0.15) is 19.8 Å². The monoisotopic (exact) mass is 255 g/mol. The fourth-order valence-corrected chi connectivity index (χ4v) is 2.06. The van der Waals surface area contributed by atoms with Crippen molar-refractivity contribution in [1.29, 1.82) is 0 Å². The molecule has 1 unspecified atom stereocenters. The Morgan fingerprint density at radius 2 is 2.11 bits per heavy atom. The Morgan fingerprint density at radius 3 is 2.89 bits per heavy atom. The molecule has 4 heteroatoms. The van der Waals surface area contributed by atoms with Crippen molar-refractivity contribution in [3.05, 3.63) is 36.5 Å². The Kier molecular flexibility index (Phi) is 3.07. The molecule has 98 valence electrons. The summed E-state index contributed by atoms with van der Waals surface area (Å²) in [6.45, 7) is 1.86. The maximum absolute atomic E-state index is 11.9. The van der Waals surface area contributed by atoms with E-state index in [2.05, 4.69) is 15.6 Å². The zero-order chi connectivity index (χ0) is 13.2. The molecule has 0 radical (unpaired) electrons. The van der Waals surface area contributed by atoms with Gasteiger partial charge < -0.3 is 10.6 Å². The van der Waals surface area contributed by atoms with Crippen LogP contribution < -0.4 is 10.6 Å². The van der Waals surface area contributed by atoms with Crippen molar-refractivity contribution >= 4 is 22.5 Å². The highest BCUT2D eigenvalue weighted by Gasteiger charge is 2.25. The molecule has 2 N–H and O–H groups in total. The number of nitrogens with zero attached hydrogens (tertiary/aromatic N) is 1. The molecule has 1 aromatic heterocycles. The molecule has 2 aromatic rings. The average Bonchev–Trinajstić information content (AvgIpc) is 3.23. The second-order valence-electron chi connectivity index (χ2n) is 5.03. The summed E-state index contributed by atoms with van der Waals surface area (Å²) in [5, 5.41) is 8.35. The van der Waals surface area contributed by atoms with Crippen molar-refractivity contribution in [2.24, 2.45) is 0 Å². The third-order valence-corrected chi connectivity index (χ3v) is 3.34. The number of amides is 1. The molecule has 0 spiro atoms. The fraction of sp³-hybridized carbons (Fsp3) is 0.333. The van der Waals surface area contributed by atoms with Crippen molar-refractivity contribution in [2.45, 2.75) is 31.8 Å². The van der Waals surface area contributed by atoms with Crippen molar-refractivity contribution in [3.63, 3.8) is 0 Å². The van der Waals surface area contributed by atoms with Gasteiger partial charge in [0.2, 0.25) is 5.91 Å². The highest BCUT2D eigenvalue weighted by atomic mass is 16.2. The number of nitrogens with one attached hydrogen (secondary N) is 2. The van der Waals surface area contributed by atoms with E-state index < -0.39 is 0 Å². The third-order valence-electron chi connectivity index (χ3n) is 3.34. The quantitative estimate of drug-likeness (QED) is 0.881. The molecule has 1 aromatic carbocycles. The first-order chi connectivity index (χ1) is 9.24. The number of rotatable bonds is 4. The number of hydrogen-bond acceptors (Lipinski definition) is 3. The molecule has 1 fully saturated rings. The first-order valence-electron chi connectivity index (χ1n) is 6.65. The molecule has 0 saturated heterocycles. The number of carbonyl (C=O) groups excluding carboxylic acids is 1. The Labute approximate surface area is 112 Å². The molecule has 1 heterocycles. The second-order valence-corrected chi connectivity index (χ2v) is 5.03. The SMILES string of the molecule is CC(Nc1nccc2ccccc12)C(=O)NC1CC1. The Balaban J connectivity index is 1.78. The smallest absolute Gasteiger partial charge is 0.242 e. The van der Waals surface area contributed by atoms with Gasteiger partial charge in [0, 0.05) is 17.6 Å². The van der Waals surface area contributed by atoms with Crippen LogP contribution in [0.15, 0.2) is 36.5 Å². The van der Waals surface area contributed by atoms with E-state index in [4.69, 9.17) is 0 Å². The normalized spacial score (nSPS) is 16.1. The first kappa shape index (κ1) is 12.0. The van der Waals surface area contributed by atoms with Gasteiger partial charge in [-0.25, -0.2) is 4.98 Å². The van der Waals surface area contributed by atoms with Crippen molar-refractivity contribution < 1.29 is 4.79 Å². The van der Waals surface area contributed by atoms with Gasteiger partial charge in [-0.2, -0.15) is 0 Å². The minimum atomic E-state index is -0.279. The minimum absolute atomic E-state index is 0.0391. The zero-order valence-electron chi connectivity index (χ0n) is 10.9. The first-order valence-corrected chi connectivity index (χ1v) is 6.65. The van der Waals surface area contributed by atoms with E-state index in [1.54, 1.807) is 6.20 Å². The van der Waals surface area contributed by atoms with Gasteiger partial charge in [-0.1, -0.05) is 24.3 Å². The number of anilines is 1. The highest BCUT2D eigenvalue weighted by molar-refractivity contribution is 5.93. The molecule has 3 rings (SSSR count). The van der Waals surface area contributed by atoms with Gasteiger partial charge >= 0.3 is 0 Å². The summed E-state index contributed by atoms with van der Waals surface area (Å²) in [7, 11) is 0. The lowest BCUT2D eigenvalue weighted by molar-refractivity contribution is -0.121. The van der Waals surface area contributed by atoms with Crippen LogP contribution in [0.25, 0.3) is 10.8 Å². The molecule has 4 nitrogen and oxygen atoms in total. The van der Waals surface area contributed by atoms with Crippen LogP contribution >= 0.6 is 0 Å². The largest absolute Gasteiger partial charge is 0.358 e. The molecule has 1 saturated carbocycles. The van der Waals surface area contributed by atoms with Gasteiger partial charge in [-0.15, -0.1) is 0 Å². The van der Waals surface area contributed by atoms with Crippen LogP contribution in [0.4, 0.5) is 5.82 Å². The summed E-state index contributed by atoms with van der Waals surface area (Å²) < 4.78 is 0. The Hall–Kier alpha value is -2.10. The molecular formula is C15H17N3O. The summed E-state index contributed by atoms with van der Waals surface area (Å²) in [6.07, 6.45) is 3.96. The van der Waals surface area contributed by atoms with E-state index in [1.807, 2.05) is 37.3 Å². The van der Waals surface area contributed by atoms with Crippen LogP contribution in [0.3, 0.4) is 0 Å². The van der Waals surface area contributed by atoms with Gasteiger partial charge in [0.1, 0.15) is 11.9 Å². The van der Waals surface area contributed by atoms with Gasteiger partial charge in [0.15, 0.2) is 0 Å². The predicted octanol–water partition coefficient (Wildman–Crippen LogP) is 2.31. The molecule has 1 aliphatic rings. The number of hydrogen-bond donors (Lipinski definition) is 2. The average molecular weight is 255 g/mol. The molecule has 0 aliphatic heterocycles. The lowest BCUT2D eigenvalue weighted by Crippen LogP contribution is -2.38. The maximum atomic E-state index is 11.9. The predicted molar refractivity (Wildman–Crippen MR) is 76.0 cm³/mol. The van der Waals surface area contributed by atoms with Crippen LogP contribution in [-0.2, 0) is 4.79 Å². The number of pyridine rings is 1. The van der Waals surface area contributed by atoms with E-state index in [0.717, 1.165) is 29.4 Å².